The van der Waals surface area contributed by atoms with Crippen LogP contribution in [0.2, 0.25) is 0 Å². The van der Waals surface area contributed by atoms with Gasteiger partial charge in [-0.05, 0) is 19.1 Å². The van der Waals surface area contributed by atoms with Crippen LogP contribution in [-0.2, 0) is 4.74 Å². The number of anilines is 1. The van der Waals surface area contributed by atoms with Crippen LogP contribution < -0.4 is 10.9 Å². The Morgan fingerprint density at radius 3 is 2.60 bits per heavy atom. The fourth-order valence-electron chi connectivity index (χ4n) is 1.33. The Kier molecular flexibility index (Phi) is 3.26. The van der Waals surface area contributed by atoms with E-state index < -0.39 is 11.8 Å². The van der Waals surface area contributed by atoms with Gasteiger partial charge >= 0.3 is 5.97 Å². The summed E-state index contributed by atoms with van der Waals surface area (Å²) < 4.78 is 17.8. The van der Waals surface area contributed by atoms with Crippen molar-refractivity contribution in [3.05, 3.63) is 29.1 Å². The van der Waals surface area contributed by atoms with Crippen LogP contribution >= 0.6 is 0 Å². The second kappa shape index (κ2) is 4.27. The minimum Gasteiger partial charge on any atom is -0.465 e. The van der Waals surface area contributed by atoms with E-state index in [-0.39, 0.29) is 11.1 Å². The number of esters is 1. The normalized spacial score (nSPS) is 9.93. The topological polar surface area (TPSA) is 55.6 Å². The maximum Gasteiger partial charge on any atom is 0.340 e. The van der Waals surface area contributed by atoms with E-state index in [0.29, 0.717) is 5.69 Å². The molecule has 0 saturated heterocycles. The minimum absolute atomic E-state index is 0.155. The molecule has 0 fully saturated rings. The quantitative estimate of drug-likeness (QED) is 0.455. The van der Waals surface area contributed by atoms with Gasteiger partial charge < -0.3 is 9.75 Å². The smallest absolute Gasteiger partial charge is 0.340 e. The summed E-state index contributed by atoms with van der Waals surface area (Å²) in [6, 6.07) is 2.70. The monoisotopic (exact) mass is 212 g/mol. The average molecular weight is 212 g/mol. The number of benzene rings is 1. The summed E-state index contributed by atoms with van der Waals surface area (Å²) in [5.41, 5.74) is 0.819. The third-order valence-corrected chi connectivity index (χ3v) is 2.15. The van der Waals surface area contributed by atoms with Crippen molar-refractivity contribution in [2.45, 2.75) is 6.92 Å². The van der Waals surface area contributed by atoms with Crippen molar-refractivity contribution in [2.75, 3.05) is 19.2 Å². The molecule has 0 aromatic heterocycles. The molecular weight excluding hydrogens is 199 g/mol. The Labute approximate surface area is 87.4 Å². The van der Waals surface area contributed by atoms with Crippen molar-refractivity contribution in [2.24, 2.45) is 5.84 Å². The summed E-state index contributed by atoms with van der Waals surface area (Å²) in [6.45, 7) is 1.51. The molecule has 0 radical (unpaired) electrons. The predicted molar refractivity (Wildman–Crippen MR) is 55.1 cm³/mol. The zero-order valence-electron chi connectivity index (χ0n) is 8.87. The molecular formula is C10H13FN2O2. The highest BCUT2D eigenvalue weighted by atomic mass is 19.1. The van der Waals surface area contributed by atoms with E-state index in [9.17, 15) is 9.18 Å². The van der Waals surface area contributed by atoms with E-state index >= 15 is 0 Å². The fourth-order valence-corrected chi connectivity index (χ4v) is 1.33. The first-order chi connectivity index (χ1) is 6.99. The number of hydrogen-bond acceptors (Lipinski definition) is 4. The summed E-state index contributed by atoms with van der Waals surface area (Å²) in [6.07, 6.45) is 0. The van der Waals surface area contributed by atoms with Gasteiger partial charge in [-0.3, -0.25) is 0 Å². The maximum atomic E-state index is 13.3. The molecule has 0 bridgehead atoms. The van der Waals surface area contributed by atoms with Crippen LogP contribution in [0.5, 0.6) is 0 Å². The molecule has 1 aromatic carbocycles. The summed E-state index contributed by atoms with van der Waals surface area (Å²) in [4.78, 5) is 11.4. The lowest BCUT2D eigenvalue weighted by atomic mass is 10.1. The molecule has 2 N–H and O–H groups in total. The van der Waals surface area contributed by atoms with Crippen molar-refractivity contribution in [3.63, 3.8) is 0 Å². The standard InChI is InChI=1S/C10H13FN2O2/c1-6-7(11)4-5-8(13(2)12)9(6)10(14)15-3/h4-5H,12H2,1-3H3. The molecule has 15 heavy (non-hydrogen) atoms. The Morgan fingerprint density at radius 1 is 1.53 bits per heavy atom. The number of halogens is 1. The molecule has 5 heteroatoms. The molecule has 1 aromatic rings. The van der Waals surface area contributed by atoms with Gasteiger partial charge in [0.2, 0.25) is 0 Å². The highest BCUT2D eigenvalue weighted by Gasteiger charge is 2.19. The van der Waals surface area contributed by atoms with Crippen LogP contribution in [0.15, 0.2) is 12.1 Å². The van der Waals surface area contributed by atoms with Gasteiger partial charge in [-0.1, -0.05) is 0 Å². The summed E-state index contributed by atoms with van der Waals surface area (Å²) >= 11 is 0. The molecule has 0 heterocycles. The second-order valence-corrected chi connectivity index (χ2v) is 3.17. The molecule has 1 rings (SSSR count). The van der Waals surface area contributed by atoms with Gasteiger partial charge in [0.1, 0.15) is 5.82 Å². The molecule has 0 unspecified atom stereocenters. The van der Waals surface area contributed by atoms with Gasteiger partial charge in [-0.25, -0.2) is 15.0 Å². The zero-order valence-corrected chi connectivity index (χ0v) is 8.87. The maximum absolute atomic E-state index is 13.3. The zero-order chi connectivity index (χ0) is 11.6. The number of ether oxygens (including phenoxy) is 1. The van der Waals surface area contributed by atoms with Gasteiger partial charge in [0.05, 0.1) is 18.4 Å². The number of hydrogen-bond donors (Lipinski definition) is 1. The second-order valence-electron chi connectivity index (χ2n) is 3.17. The van der Waals surface area contributed by atoms with Gasteiger partial charge in [-0.2, -0.15) is 0 Å². The van der Waals surface area contributed by atoms with Crippen molar-refractivity contribution in [3.8, 4) is 0 Å². The Hall–Kier alpha value is -1.62. The Bertz CT molecular complexity index is 391. The van der Waals surface area contributed by atoms with Gasteiger partial charge in [0.15, 0.2) is 0 Å². The van der Waals surface area contributed by atoms with Crippen LogP contribution in [0.1, 0.15) is 15.9 Å². The first kappa shape index (κ1) is 11.5. The fraction of sp³-hybridized carbons (Fsp3) is 0.300. The molecule has 0 saturated carbocycles. The lowest BCUT2D eigenvalue weighted by Gasteiger charge is -2.17. The van der Waals surface area contributed by atoms with E-state index in [1.165, 1.54) is 31.2 Å². The predicted octanol–water partition coefficient (Wildman–Crippen LogP) is 1.23. The van der Waals surface area contributed by atoms with E-state index in [1.54, 1.807) is 7.05 Å². The van der Waals surface area contributed by atoms with E-state index in [1.807, 2.05) is 0 Å². The third kappa shape index (κ3) is 2.07. The van der Waals surface area contributed by atoms with Gasteiger partial charge in [0.25, 0.3) is 0 Å². The molecule has 4 nitrogen and oxygen atoms in total. The molecule has 0 spiro atoms. The molecule has 0 aliphatic carbocycles. The molecule has 0 amide bonds. The molecule has 0 aliphatic heterocycles. The summed E-state index contributed by atoms with van der Waals surface area (Å²) in [5, 5.41) is 1.25. The number of carbonyl (C=O) groups is 1. The van der Waals surface area contributed by atoms with Crippen molar-refractivity contribution >= 4 is 11.7 Å². The number of rotatable bonds is 2. The lowest BCUT2D eigenvalue weighted by molar-refractivity contribution is 0.0600. The van der Waals surface area contributed by atoms with Crippen molar-refractivity contribution < 1.29 is 13.9 Å². The third-order valence-electron chi connectivity index (χ3n) is 2.15. The number of nitrogens with two attached hydrogens (primary N) is 1. The number of carbonyl (C=O) groups excluding carboxylic acids is 1. The Morgan fingerprint density at radius 2 is 2.13 bits per heavy atom. The SMILES string of the molecule is COC(=O)c1c(N(C)N)ccc(F)c1C. The average Bonchev–Trinajstić information content (AvgIpc) is 2.20. The Balaban J connectivity index is 3.41. The molecule has 82 valence electrons. The van der Waals surface area contributed by atoms with Crippen molar-refractivity contribution in [1.29, 1.82) is 0 Å². The largest absolute Gasteiger partial charge is 0.465 e. The van der Waals surface area contributed by atoms with E-state index in [4.69, 9.17) is 5.84 Å². The van der Waals surface area contributed by atoms with E-state index in [0.717, 1.165) is 0 Å². The van der Waals surface area contributed by atoms with Crippen LogP contribution in [-0.4, -0.2) is 20.1 Å². The lowest BCUT2D eigenvalue weighted by Crippen LogP contribution is -2.28. The summed E-state index contributed by atoms with van der Waals surface area (Å²) in [5.74, 6) is 4.47. The molecule has 0 aliphatic rings. The summed E-state index contributed by atoms with van der Waals surface area (Å²) in [7, 11) is 2.81. The van der Waals surface area contributed by atoms with Crippen molar-refractivity contribution in [1.82, 2.24) is 0 Å². The number of methoxy groups -OCH3 is 1. The highest BCUT2D eigenvalue weighted by Crippen LogP contribution is 2.24. The van der Waals surface area contributed by atoms with Gasteiger partial charge in [-0.15, -0.1) is 0 Å². The van der Waals surface area contributed by atoms with E-state index in [2.05, 4.69) is 4.74 Å². The van der Waals surface area contributed by atoms with Gasteiger partial charge in [0, 0.05) is 12.6 Å². The number of nitrogens with zero attached hydrogens (tertiary/aromatic N) is 1. The minimum atomic E-state index is -0.598. The molecule has 0 atom stereocenters. The van der Waals surface area contributed by atoms with Crippen LogP contribution in [0.3, 0.4) is 0 Å². The van der Waals surface area contributed by atoms with Crippen LogP contribution in [0.4, 0.5) is 10.1 Å². The first-order valence-corrected chi connectivity index (χ1v) is 4.35. The van der Waals surface area contributed by atoms with Crippen LogP contribution in [0.25, 0.3) is 0 Å². The highest BCUT2D eigenvalue weighted by molar-refractivity contribution is 5.97. The number of hydrazine groups is 1. The van der Waals surface area contributed by atoms with Crippen LogP contribution in [0, 0.1) is 12.7 Å². The first-order valence-electron chi connectivity index (χ1n) is 4.35.